The van der Waals surface area contributed by atoms with Crippen LogP contribution in [0.4, 0.5) is 0 Å². The van der Waals surface area contributed by atoms with Crippen molar-refractivity contribution in [1.29, 1.82) is 0 Å². The van der Waals surface area contributed by atoms with Crippen LogP contribution in [0.25, 0.3) is 0 Å². The van der Waals surface area contributed by atoms with Crippen LogP contribution in [0.1, 0.15) is 47.0 Å². The Labute approximate surface area is 82.1 Å². The SMILES string of the molecule is CC[C@H]1C[C@H]2C[C@H](C2(C)C)[C@@]1(C)N. The van der Waals surface area contributed by atoms with E-state index in [0.29, 0.717) is 5.41 Å². The minimum atomic E-state index is 0.104. The van der Waals surface area contributed by atoms with E-state index in [9.17, 15) is 0 Å². The fourth-order valence-corrected chi connectivity index (χ4v) is 3.96. The van der Waals surface area contributed by atoms with E-state index in [-0.39, 0.29) is 5.54 Å². The van der Waals surface area contributed by atoms with E-state index in [0.717, 1.165) is 17.8 Å². The van der Waals surface area contributed by atoms with Crippen molar-refractivity contribution in [3.63, 3.8) is 0 Å². The molecule has 0 aliphatic heterocycles. The largest absolute Gasteiger partial charge is 0.325 e. The number of rotatable bonds is 1. The molecule has 0 heterocycles. The van der Waals surface area contributed by atoms with Gasteiger partial charge in [-0.2, -0.15) is 0 Å². The lowest BCUT2D eigenvalue weighted by Gasteiger charge is -2.66. The van der Waals surface area contributed by atoms with Gasteiger partial charge in [0.1, 0.15) is 0 Å². The maximum absolute atomic E-state index is 6.49. The smallest absolute Gasteiger partial charge is 0.0188 e. The highest BCUT2D eigenvalue weighted by molar-refractivity contribution is 5.13. The molecule has 13 heavy (non-hydrogen) atoms. The van der Waals surface area contributed by atoms with Gasteiger partial charge in [-0.05, 0) is 42.9 Å². The number of fused-ring (bicyclic) bond motifs is 2. The minimum absolute atomic E-state index is 0.104. The average Bonchev–Trinajstić information content (AvgIpc) is 2.01. The van der Waals surface area contributed by atoms with Crippen molar-refractivity contribution in [2.75, 3.05) is 0 Å². The van der Waals surface area contributed by atoms with Gasteiger partial charge in [-0.15, -0.1) is 0 Å². The highest BCUT2D eigenvalue weighted by Gasteiger charge is 2.60. The van der Waals surface area contributed by atoms with Crippen LogP contribution in [0.2, 0.25) is 0 Å². The second-order valence-electron chi connectivity index (χ2n) is 6.01. The second kappa shape index (κ2) is 2.50. The Hall–Kier alpha value is -0.0400. The third kappa shape index (κ3) is 1.03. The van der Waals surface area contributed by atoms with E-state index in [1.165, 1.54) is 19.3 Å². The van der Waals surface area contributed by atoms with Gasteiger partial charge in [0.05, 0.1) is 0 Å². The predicted molar refractivity (Wildman–Crippen MR) is 56.4 cm³/mol. The second-order valence-corrected chi connectivity index (χ2v) is 6.01. The van der Waals surface area contributed by atoms with Crippen molar-refractivity contribution in [3.05, 3.63) is 0 Å². The summed E-state index contributed by atoms with van der Waals surface area (Å²) in [6.07, 6.45) is 4.01. The quantitative estimate of drug-likeness (QED) is 0.661. The molecule has 0 radical (unpaired) electrons. The summed E-state index contributed by atoms with van der Waals surface area (Å²) in [5.41, 5.74) is 7.12. The van der Waals surface area contributed by atoms with E-state index in [2.05, 4.69) is 27.7 Å². The molecule has 3 aliphatic rings. The molecule has 4 atom stereocenters. The summed E-state index contributed by atoms with van der Waals surface area (Å²) in [6.45, 7) is 9.38. The fourth-order valence-electron chi connectivity index (χ4n) is 3.96. The molecule has 0 aromatic rings. The zero-order valence-electron chi connectivity index (χ0n) is 9.43. The maximum atomic E-state index is 6.49. The molecule has 3 rings (SSSR count). The monoisotopic (exact) mass is 181 g/mol. The maximum Gasteiger partial charge on any atom is 0.0188 e. The van der Waals surface area contributed by atoms with Crippen molar-refractivity contribution < 1.29 is 0 Å². The molecule has 2 N–H and O–H groups in total. The van der Waals surface area contributed by atoms with Crippen LogP contribution in [0, 0.1) is 23.2 Å². The highest BCUT2D eigenvalue weighted by atomic mass is 14.8. The van der Waals surface area contributed by atoms with Crippen molar-refractivity contribution in [2.45, 2.75) is 52.5 Å². The van der Waals surface area contributed by atoms with Crippen LogP contribution < -0.4 is 5.73 Å². The zero-order valence-corrected chi connectivity index (χ0v) is 9.43. The summed E-state index contributed by atoms with van der Waals surface area (Å²) in [7, 11) is 0. The van der Waals surface area contributed by atoms with Crippen LogP contribution in [0.15, 0.2) is 0 Å². The van der Waals surface area contributed by atoms with Gasteiger partial charge >= 0.3 is 0 Å². The van der Waals surface area contributed by atoms with Crippen LogP contribution in [-0.2, 0) is 0 Å². The zero-order chi connectivity index (χ0) is 9.85. The average molecular weight is 181 g/mol. The third-order valence-electron chi connectivity index (χ3n) is 5.16. The van der Waals surface area contributed by atoms with Gasteiger partial charge in [0.15, 0.2) is 0 Å². The van der Waals surface area contributed by atoms with Gasteiger partial charge in [-0.3, -0.25) is 0 Å². The van der Waals surface area contributed by atoms with Crippen LogP contribution in [0.3, 0.4) is 0 Å². The van der Waals surface area contributed by atoms with Crippen LogP contribution >= 0.6 is 0 Å². The van der Waals surface area contributed by atoms with Crippen molar-refractivity contribution in [3.8, 4) is 0 Å². The minimum Gasteiger partial charge on any atom is -0.325 e. The van der Waals surface area contributed by atoms with Crippen molar-refractivity contribution >= 4 is 0 Å². The molecule has 1 nitrogen and oxygen atoms in total. The molecule has 0 unspecified atom stereocenters. The molecule has 3 aliphatic carbocycles. The summed E-state index contributed by atoms with van der Waals surface area (Å²) in [5, 5.41) is 0. The number of hydrogen-bond acceptors (Lipinski definition) is 1. The van der Waals surface area contributed by atoms with E-state index in [1.54, 1.807) is 0 Å². The third-order valence-corrected chi connectivity index (χ3v) is 5.16. The van der Waals surface area contributed by atoms with Gasteiger partial charge in [0, 0.05) is 5.54 Å². The fraction of sp³-hybridized carbons (Fsp3) is 1.00. The molecule has 0 aromatic carbocycles. The van der Waals surface area contributed by atoms with Gasteiger partial charge in [0.25, 0.3) is 0 Å². The lowest BCUT2D eigenvalue weighted by Crippen LogP contribution is -2.68. The molecule has 0 spiro atoms. The molecule has 2 bridgehead atoms. The first-order chi connectivity index (χ1) is 5.90. The summed E-state index contributed by atoms with van der Waals surface area (Å²) in [5.74, 6) is 2.49. The van der Waals surface area contributed by atoms with Crippen LogP contribution in [0.5, 0.6) is 0 Å². The molecule has 1 heteroatoms. The highest BCUT2D eigenvalue weighted by Crippen LogP contribution is 2.64. The molecule has 0 saturated heterocycles. The van der Waals surface area contributed by atoms with Gasteiger partial charge in [-0.1, -0.05) is 27.2 Å². The van der Waals surface area contributed by atoms with Gasteiger partial charge in [-0.25, -0.2) is 0 Å². The molecule has 76 valence electrons. The van der Waals surface area contributed by atoms with Gasteiger partial charge in [0.2, 0.25) is 0 Å². The normalized spacial score (nSPS) is 52.8. The Morgan fingerprint density at radius 2 is 1.85 bits per heavy atom. The number of hydrogen-bond donors (Lipinski definition) is 1. The summed E-state index contributed by atoms with van der Waals surface area (Å²) in [6, 6.07) is 0. The molecule has 0 amide bonds. The molecular formula is C12H23N. The Morgan fingerprint density at radius 1 is 1.23 bits per heavy atom. The lowest BCUT2D eigenvalue weighted by atomic mass is 9.41. The standard InChI is InChI=1S/C12H23N/c1-5-8-6-9-7-10(11(9,2)3)12(8,4)13/h8-10H,5-7,13H2,1-4H3/t8-,9-,10+,12-/m0/s1. The van der Waals surface area contributed by atoms with Crippen LogP contribution in [-0.4, -0.2) is 5.54 Å². The van der Waals surface area contributed by atoms with E-state index >= 15 is 0 Å². The number of nitrogens with two attached hydrogens (primary N) is 1. The van der Waals surface area contributed by atoms with Gasteiger partial charge < -0.3 is 5.73 Å². The Morgan fingerprint density at radius 3 is 2.23 bits per heavy atom. The molecule has 3 saturated carbocycles. The predicted octanol–water partition coefficient (Wildman–Crippen LogP) is 2.80. The van der Waals surface area contributed by atoms with E-state index < -0.39 is 0 Å². The summed E-state index contributed by atoms with van der Waals surface area (Å²) < 4.78 is 0. The van der Waals surface area contributed by atoms with E-state index in [1.807, 2.05) is 0 Å². The lowest BCUT2D eigenvalue weighted by molar-refractivity contribution is -0.141. The first-order valence-corrected chi connectivity index (χ1v) is 5.69. The Kier molecular flexibility index (Phi) is 1.83. The topological polar surface area (TPSA) is 26.0 Å². The first kappa shape index (κ1) is 9.51. The summed E-state index contributed by atoms with van der Waals surface area (Å²) >= 11 is 0. The molecule has 0 aromatic heterocycles. The Balaban J connectivity index is 2.23. The summed E-state index contributed by atoms with van der Waals surface area (Å²) in [4.78, 5) is 0. The van der Waals surface area contributed by atoms with Crippen molar-refractivity contribution in [1.82, 2.24) is 0 Å². The molecule has 3 fully saturated rings. The van der Waals surface area contributed by atoms with E-state index in [4.69, 9.17) is 5.73 Å². The Bertz CT molecular complexity index is 217. The first-order valence-electron chi connectivity index (χ1n) is 5.69. The van der Waals surface area contributed by atoms with Crippen molar-refractivity contribution in [2.24, 2.45) is 28.9 Å². The molecular weight excluding hydrogens is 158 g/mol.